The van der Waals surface area contributed by atoms with Gasteiger partial charge in [0.25, 0.3) is 0 Å². The molecule has 15 heavy (non-hydrogen) atoms. The van der Waals surface area contributed by atoms with E-state index in [0.29, 0.717) is 0 Å². The minimum atomic E-state index is 1.11. The Kier molecular flexibility index (Phi) is 5.43. The monoisotopic (exact) mass is 209 g/mol. The summed E-state index contributed by atoms with van der Waals surface area (Å²) in [4.78, 5) is 3.22. The summed E-state index contributed by atoms with van der Waals surface area (Å²) in [5.41, 5.74) is 4.15. The summed E-state index contributed by atoms with van der Waals surface area (Å²) in [7, 11) is 0. The summed E-state index contributed by atoms with van der Waals surface area (Å²) in [5.74, 6) is 0. The number of aryl methyl sites for hydroxylation is 2. The standard InChI is InChI=1S/C8H13N.C4H10N2/c1-4-8-7(3)6(2)5-9-8;1-2-6-4-3-5-1/h5,9H,4H2,1-3H3;5-6H,1-4H2. The predicted octanol–water partition coefficient (Wildman–Crippen LogP) is 1.37. The molecule has 1 fully saturated rings. The zero-order chi connectivity index (χ0) is 11.1. The van der Waals surface area contributed by atoms with Crippen molar-refractivity contribution < 1.29 is 0 Å². The lowest BCUT2D eigenvalue weighted by atomic mass is 10.2. The van der Waals surface area contributed by atoms with Crippen LogP contribution in [-0.4, -0.2) is 31.2 Å². The lowest BCUT2D eigenvalue weighted by molar-refractivity contribution is 0.534. The van der Waals surface area contributed by atoms with Gasteiger partial charge in [-0.15, -0.1) is 0 Å². The predicted molar refractivity (Wildman–Crippen MR) is 65.4 cm³/mol. The molecule has 1 aliphatic heterocycles. The van der Waals surface area contributed by atoms with E-state index in [1.807, 2.05) is 0 Å². The third-order valence-electron chi connectivity index (χ3n) is 2.82. The molecular weight excluding hydrogens is 186 g/mol. The highest BCUT2D eigenvalue weighted by atomic mass is 15.0. The van der Waals surface area contributed by atoms with Crippen LogP contribution in [0.1, 0.15) is 23.7 Å². The maximum Gasteiger partial charge on any atom is 0.0176 e. The van der Waals surface area contributed by atoms with E-state index in [1.54, 1.807) is 0 Å². The minimum Gasteiger partial charge on any atom is -0.365 e. The molecule has 0 unspecified atom stereocenters. The largest absolute Gasteiger partial charge is 0.365 e. The van der Waals surface area contributed by atoms with E-state index in [1.165, 1.54) is 16.8 Å². The molecular formula is C12H23N3. The highest BCUT2D eigenvalue weighted by molar-refractivity contribution is 5.27. The number of piperazine rings is 1. The van der Waals surface area contributed by atoms with Crippen molar-refractivity contribution in [2.45, 2.75) is 27.2 Å². The highest BCUT2D eigenvalue weighted by Crippen LogP contribution is 2.10. The molecule has 3 heteroatoms. The molecule has 3 nitrogen and oxygen atoms in total. The van der Waals surface area contributed by atoms with Crippen LogP contribution in [-0.2, 0) is 6.42 Å². The first-order valence-corrected chi connectivity index (χ1v) is 5.80. The zero-order valence-corrected chi connectivity index (χ0v) is 10.1. The van der Waals surface area contributed by atoms with Crippen molar-refractivity contribution in [3.63, 3.8) is 0 Å². The molecule has 0 spiro atoms. The van der Waals surface area contributed by atoms with Crippen LogP contribution in [0.15, 0.2) is 6.20 Å². The second-order valence-corrected chi connectivity index (χ2v) is 3.93. The van der Waals surface area contributed by atoms with Crippen LogP contribution in [0, 0.1) is 13.8 Å². The van der Waals surface area contributed by atoms with Crippen molar-refractivity contribution in [1.29, 1.82) is 0 Å². The number of H-pyrrole nitrogens is 1. The Morgan fingerprint density at radius 1 is 1.07 bits per heavy atom. The van der Waals surface area contributed by atoms with Crippen LogP contribution in [0.2, 0.25) is 0 Å². The van der Waals surface area contributed by atoms with Crippen LogP contribution in [0.3, 0.4) is 0 Å². The molecule has 1 aromatic heterocycles. The van der Waals surface area contributed by atoms with Crippen LogP contribution in [0.5, 0.6) is 0 Å². The number of rotatable bonds is 1. The van der Waals surface area contributed by atoms with Crippen LogP contribution in [0.4, 0.5) is 0 Å². The smallest absolute Gasteiger partial charge is 0.0176 e. The number of aromatic nitrogens is 1. The minimum absolute atomic E-state index is 1.11. The molecule has 1 aliphatic rings. The first-order chi connectivity index (χ1) is 7.25. The van der Waals surface area contributed by atoms with Crippen LogP contribution >= 0.6 is 0 Å². The molecule has 2 heterocycles. The van der Waals surface area contributed by atoms with Gasteiger partial charge in [0.15, 0.2) is 0 Å². The first-order valence-electron chi connectivity index (χ1n) is 5.80. The van der Waals surface area contributed by atoms with E-state index in [0.717, 1.165) is 32.6 Å². The van der Waals surface area contributed by atoms with Crippen molar-refractivity contribution in [2.75, 3.05) is 26.2 Å². The molecule has 86 valence electrons. The second kappa shape index (κ2) is 6.64. The van der Waals surface area contributed by atoms with Crippen molar-refractivity contribution in [3.8, 4) is 0 Å². The quantitative estimate of drug-likeness (QED) is 0.654. The molecule has 1 aromatic rings. The van der Waals surface area contributed by atoms with Gasteiger partial charge in [0.05, 0.1) is 0 Å². The second-order valence-electron chi connectivity index (χ2n) is 3.93. The number of hydrogen-bond donors (Lipinski definition) is 3. The molecule has 0 radical (unpaired) electrons. The van der Waals surface area contributed by atoms with Gasteiger partial charge >= 0.3 is 0 Å². The highest BCUT2D eigenvalue weighted by Gasteiger charge is 1.98. The fraction of sp³-hybridized carbons (Fsp3) is 0.667. The molecule has 0 amide bonds. The van der Waals surface area contributed by atoms with Gasteiger partial charge in [-0.3, -0.25) is 0 Å². The molecule has 0 aromatic carbocycles. The van der Waals surface area contributed by atoms with Gasteiger partial charge in [0.1, 0.15) is 0 Å². The average molecular weight is 209 g/mol. The zero-order valence-electron chi connectivity index (χ0n) is 10.1. The van der Waals surface area contributed by atoms with E-state index >= 15 is 0 Å². The van der Waals surface area contributed by atoms with E-state index in [-0.39, 0.29) is 0 Å². The Bertz CT molecular complexity index is 263. The fourth-order valence-electron chi connectivity index (χ4n) is 1.62. The lowest BCUT2D eigenvalue weighted by Crippen LogP contribution is -2.39. The van der Waals surface area contributed by atoms with Gasteiger partial charge in [-0.25, -0.2) is 0 Å². The summed E-state index contributed by atoms with van der Waals surface area (Å²) in [6.07, 6.45) is 3.17. The Hall–Kier alpha value is -0.800. The summed E-state index contributed by atoms with van der Waals surface area (Å²) in [6, 6.07) is 0. The van der Waals surface area contributed by atoms with Gasteiger partial charge in [0.2, 0.25) is 0 Å². The van der Waals surface area contributed by atoms with Gasteiger partial charge in [-0.05, 0) is 31.4 Å². The SMILES string of the molecule is C1CNCCN1.CCc1[nH]cc(C)c1C. The fourth-order valence-corrected chi connectivity index (χ4v) is 1.62. The van der Waals surface area contributed by atoms with Crippen LogP contribution < -0.4 is 10.6 Å². The van der Waals surface area contributed by atoms with E-state index in [4.69, 9.17) is 0 Å². The Labute approximate surface area is 92.7 Å². The van der Waals surface area contributed by atoms with Crippen molar-refractivity contribution >= 4 is 0 Å². The Morgan fingerprint density at radius 2 is 1.60 bits per heavy atom. The van der Waals surface area contributed by atoms with Crippen molar-refractivity contribution in [3.05, 3.63) is 23.0 Å². The molecule has 2 rings (SSSR count). The lowest BCUT2D eigenvalue weighted by Gasteiger charge is -2.11. The summed E-state index contributed by atoms with van der Waals surface area (Å²) in [6.45, 7) is 11.0. The Morgan fingerprint density at radius 3 is 1.80 bits per heavy atom. The maximum atomic E-state index is 3.22. The molecule has 3 N–H and O–H groups in total. The molecule has 0 bridgehead atoms. The van der Waals surface area contributed by atoms with E-state index < -0.39 is 0 Å². The normalized spacial score (nSPS) is 15.7. The van der Waals surface area contributed by atoms with E-state index in [2.05, 4.69) is 42.6 Å². The number of hydrogen-bond acceptors (Lipinski definition) is 2. The van der Waals surface area contributed by atoms with Crippen molar-refractivity contribution in [1.82, 2.24) is 15.6 Å². The van der Waals surface area contributed by atoms with Gasteiger partial charge in [-0.2, -0.15) is 0 Å². The topological polar surface area (TPSA) is 39.8 Å². The van der Waals surface area contributed by atoms with Crippen LogP contribution in [0.25, 0.3) is 0 Å². The molecule has 1 saturated heterocycles. The van der Waals surface area contributed by atoms with Crippen molar-refractivity contribution in [2.24, 2.45) is 0 Å². The first kappa shape index (κ1) is 12.3. The molecule has 0 atom stereocenters. The Balaban J connectivity index is 0.000000162. The van der Waals surface area contributed by atoms with Gasteiger partial charge < -0.3 is 15.6 Å². The van der Waals surface area contributed by atoms with Gasteiger partial charge in [0, 0.05) is 38.1 Å². The number of aromatic amines is 1. The summed E-state index contributed by atoms with van der Waals surface area (Å²) >= 11 is 0. The third-order valence-corrected chi connectivity index (χ3v) is 2.82. The van der Waals surface area contributed by atoms with E-state index in [9.17, 15) is 0 Å². The third kappa shape index (κ3) is 4.06. The molecule has 0 aliphatic carbocycles. The summed E-state index contributed by atoms with van der Waals surface area (Å²) < 4.78 is 0. The average Bonchev–Trinajstić information content (AvgIpc) is 2.63. The molecule has 0 saturated carbocycles. The van der Waals surface area contributed by atoms with Gasteiger partial charge in [-0.1, -0.05) is 6.92 Å². The summed E-state index contributed by atoms with van der Waals surface area (Å²) in [5, 5.41) is 6.44. The number of nitrogens with one attached hydrogen (secondary N) is 3. The maximum absolute atomic E-state index is 3.22.